The fourth-order valence-corrected chi connectivity index (χ4v) is 2.94. The summed E-state index contributed by atoms with van der Waals surface area (Å²) in [5.74, 6) is 1.14. The number of hydrogen-bond donors (Lipinski definition) is 0. The van der Waals surface area contributed by atoms with E-state index in [0.717, 1.165) is 17.9 Å². The Morgan fingerprint density at radius 1 is 1.11 bits per heavy atom. The van der Waals surface area contributed by atoms with E-state index in [4.69, 9.17) is 0 Å². The van der Waals surface area contributed by atoms with Gasteiger partial charge in [0.15, 0.2) is 0 Å². The number of imidazole rings is 1. The second-order valence-electron chi connectivity index (χ2n) is 5.20. The third kappa shape index (κ3) is 2.27. The van der Waals surface area contributed by atoms with Crippen molar-refractivity contribution in [2.45, 2.75) is 32.7 Å². The molecule has 2 aromatic rings. The van der Waals surface area contributed by atoms with Crippen molar-refractivity contribution < 1.29 is 0 Å². The predicted molar refractivity (Wildman–Crippen MR) is 74.8 cm³/mol. The predicted octanol–water partition coefficient (Wildman–Crippen LogP) is 2.83. The molecule has 3 heteroatoms. The molecule has 0 N–H and O–H groups in total. The van der Waals surface area contributed by atoms with E-state index in [-0.39, 0.29) is 0 Å². The summed E-state index contributed by atoms with van der Waals surface area (Å²) in [6.07, 6.45) is 3.99. The molecule has 0 amide bonds. The van der Waals surface area contributed by atoms with Crippen LogP contribution < -0.4 is 0 Å². The van der Waals surface area contributed by atoms with Gasteiger partial charge >= 0.3 is 0 Å². The lowest BCUT2D eigenvalue weighted by Gasteiger charge is -2.15. The molecule has 18 heavy (non-hydrogen) atoms. The molecule has 3 rings (SSSR count). The zero-order chi connectivity index (χ0) is 12.4. The molecule has 0 unspecified atom stereocenters. The fourth-order valence-electron chi connectivity index (χ4n) is 2.94. The van der Waals surface area contributed by atoms with Crippen LogP contribution in [0.4, 0.5) is 0 Å². The molecular formula is C15H21N3. The first-order chi connectivity index (χ1) is 8.84. The van der Waals surface area contributed by atoms with Crippen molar-refractivity contribution in [3.63, 3.8) is 0 Å². The Morgan fingerprint density at radius 3 is 2.72 bits per heavy atom. The van der Waals surface area contributed by atoms with Crippen molar-refractivity contribution in [3.8, 4) is 0 Å². The Bertz CT molecular complexity index is 524. The molecular weight excluding hydrogens is 222 g/mol. The topological polar surface area (TPSA) is 21.1 Å². The quantitative estimate of drug-likeness (QED) is 0.823. The van der Waals surface area contributed by atoms with Crippen LogP contribution in [-0.4, -0.2) is 34.1 Å². The van der Waals surface area contributed by atoms with Crippen LogP contribution in [0, 0.1) is 6.92 Å². The van der Waals surface area contributed by atoms with Crippen LogP contribution in [0.1, 0.15) is 25.1 Å². The minimum absolute atomic E-state index is 1.09. The molecule has 0 atom stereocenters. The maximum Gasteiger partial charge on any atom is 0.106 e. The average molecular weight is 243 g/mol. The van der Waals surface area contributed by atoms with Gasteiger partial charge in [-0.3, -0.25) is 0 Å². The molecule has 1 aliphatic heterocycles. The Morgan fingerprint density at radius 2 is 1.89 bits per heavy atom. The van der Waals surface area contributed by atoms with E-state index in [1.54, 1.807) is 0 Å². The first-order valence-corrected chi connectivity index (χ1v) is 6.99. The van der Waals surface area contributed by atoms with E-state index >= 15 is 0 Å². The zero-order valence-electron chi connectivity index (χ0n) is 11.1. The summed E-state index contributed by atoms with van der Waals surface area (Å²) in [4.78, 5) is 7.19. The molecule has 0 radical (unpaired) electrons. The van der Waals surface area contributed by atoms with Crippen molar-refractivity contribution in [3.05, 3.63) is 30.1 Å². The minimum Gasteiger partial charge on any atom is -0.328 e. The highest BCUT2D eigenvalue weighted by Crippen LogP contribution is 2.16. The summed E-state index contributed by atoms with van der Waals surface area (Å²) in [6.45, 7) is 7.01. The van der Waals surface area contributed by atoms with Crippen LogP contribution in [0.25, 0.3) is 11.0 Å². The van der Waals surface area contributed by atoms with Gasteiger partial charge in [-0.05, 0) is 58.0 Å². The summed E-state index contributed by atoms with van der Waals surface area (Å²) in [5, 5.41) is 0. The van der Waals surface area contributed by atoms with Gasteiger partial charge in [0.2, 0.25) is 0 Å². The highest BCUT2D eigenvalue weighted by atomic mass is 15.1. The van der Waals surface area contributed by atoms with E-state index in [1.165, 1.54) is 44.4 Å². The van der Waals surface area contributed by atoms with E-state index in [2.05, 4.69) is 45.6 Å². The van der Waals surface area contributed by atoms with Gasteiger partial charge in [-0.15, -0.1) is 0 Å². The first-order valence-electron chi connectivity index (χ1n) is 6.99. The number of aryl methyl sites for hydroxylation is 2. The lowest BCUT2D eigenvalue weighted by atomic mass is 10.3. The second kappa shape index (κ2) is 5.11. The number of nitrogens with zero attached hydrogens (tertiary/aromatic N) is 3. The summed E-state index contributed by atoms with van der Waals surface area (Å²) >= 11 is 0. The first kappa shape index (κ1) is 11.7. The molecule has 0 bridgehead atoms. The van der Waals surface area contributed by atoms with Crippen molar-refractivity contribution >= 4 is 11.0 Å². The Hall–Kier alpha value is -1.35. The van der Waals surface area contributed by atoms with Crippen LogP contribution in [0.2, 0.25) is 0 Å². The van der Waals surface area contributed by atoms with Gasteiger partial charge in [0.05, 0.1) is 11.0 Å². The standard InChI is InChI=1S/C15H21N3/c1-13-16-14-7-2-3-8-15(14)18(13)12-6-11-17-9-4-5-10-17/h2-3,7-8H,4-6,9-12H2,1H3. The van der Waals surface area contributed by atoms with E-state index in [0.29, 0.717) is 0 Å². The van der Waals surface area contributed by atoms with Crippen LogP contribution >= 0.6 is 0 Å². The van der Waals surface area contributed by atoms with E-state index in [1.807, 2.05) is 0 Å². The van der Waals surface area contributed by atoms with Crippen LogP contribution in [0.15, 0.2) is 24.3 Å². The smallest absolute Gasteiger partial charge is 0.106 e. The monoisotopic (exact) mass is 243 g/mol. The third-order valence-corrected chi connectivity index (χ3v) is 3.90. The summed E-state index contributed by atoms with van der Waals surface area (Å²) in [5.41, 5.74) is 2.40. The molecule has 0 saturated carbocycles. The third-order valence-electron chi connectivity index (χ3n) is 3.90. The van der Waals surface area contributed by atoms with Crippen LogP contribution in [0.3, 0.4) is 0 Å². The van der Waals surface area contributed by atoms with Gasteiger partial charge in [0.1, 0.15) is 5.82 Å². The highest BCUT2D eigenvalue weighted by Gasteiger charge is 2.11. The molecule has 0 aliphatic carbocycles. The second-order valence-corrected chi connectivity index (χ2v) is 5.20. The molecule has 1 saturated heterocycles. The zero-order valence-corrected chi connectivity index (χ0v) is 11.1. The van der Waals surface area contributed by atoms with E-state index < -0.39 is 0 Å². The van der Waals surface area contributed by atoms with Crippen LogP contribution in [0.5, 0.6) is 0 Å². The number of benzene rings is 1. The summed E-state index contributed by atoms with van der Waals surface area (Å²) in [6, 6.07) is 8.42. The maximum absolute atomic E-state index is 4.61. The molecule has 1 aliphatic rings. The van der Waals surface area contributed by atoms with Gasteiger partial charge < -0.3 is 9.47 Å². The van der Waals surface area contributed by atoms with Gasteiger partial charge in [-0.2, -0.15) is 0 Å². The number of likely N-dealkylation sites (tertiary alicyclic amines) is 1. The normalized spacial score (nSPS) is 16.7. The molecule has 3 nitrogen and oxygen atoms in total. The fraction of sp³-hybridized carbons (Fsp3) is 0.533. The van der Waals surface area contributed by atoms with Gasteiger partial charge in [-0.25, -0.2) is 4.98 Å². The SMILES string of the molecule is Cc1nc2ccccc2n1CCCN1CCCC1. The van der Waals surface area contributed by atoms with Crippen molar-refractivity contribution in [1.82, 2.24) is 14.5 Å². The highest BCUT2D eigenvalue weighted by molar-refractivity contribution is 5.75. The summed E-state index contributed by atoms with van der Waals surface area (Å²) in [7, 11) is 0. The number of para-hydroxylation sites is 2. The number of rotatable bonds is 4. The van der Waals surface area contributed by atoms with Gasteiger partial charge in [0.25, 0.3) is 0 Å². The van der Waals surface area contributed by atoms with Gasteiger partial charge in [0, 0.05) is 6.54 Å². The molecule has 1 fully saturated rings. The molecule has 1 aromatic carbocycles. The van der Waals surface area contributed by atoms with Crippen LogP contribution in [-0.2, 0) is 6.54 Å². The molecule has 2 heterocycles. The number of aromatic nitrogens is 2. The molecule has 1 aromatic heterocycles. The Kier molecular flexibility index (Phi) is 3.33. The lowest BCUT2D eigenvalue weighted by molar-refractivity contribution is 0.325. The van der Waals surface area contributed by atoms with Gasteiger partial charge in [-0.1, -0.05) is 12.1 Å². The average Bonchev–Trinajstić information content (AvgIpc) is 2.98. The molecule has 96 valence electrons. The maximum atomic E-state index is 4.61. The van der Waals surface area contributed by atoms with Crippen molar-refractivity contribution in [2.24, 2.45) is 0 Å². The lowest BCUT2D eigenvalue weighted by Crippen LogP contribution is -2.21. The van der Waals surface area contributed by atoms with Crippen molar-refractivity contribution in [1.29, 1.82) is 0 Å². The van der Waals surface area contributed by atoms with E-state index in [9.17, 15) is 0 Å². The largest absolute Gasteiger partial charge is 0.328 e. The number of hydrogen-bond acceptors (Lipinski definition) is 2. The number of fused-ring (bicyclic) bond motifs is 1. The van der Waals surface area contributed by atoms with Crippen molar-refractivity contribution in [2.75, 3.05) is 19.6 Å². The molecule has 0 spiro atoms. The Labute approximate surface area is 108 Å². The summed E-state index contributed by atoms with van der Waals surface area (Å²) < 4.78 is 2.35. The Balaban J connectivity index is 1.68. The minimum atomic E-state index is 1.09.